The summed E-state index contributed by atoms with van der Waals surface area (Å²) in [6.45, 7) is -0.271. The molecule has 27 heavy (non-hydrogen) atoms. The molecular weight excluding hydrogens is 378 g/mol. The molecule has 1 aromatic carbocycles. The van der Waals surface area contributed by atoms with Crippen LogP contribution in [0, 0.1) is 11.6 Å². The third-order valence-corrected chi connectivity index (χ3v) is 4.77. The van der Waals surface area contributed by atoms with Crippen molar-refractivity contribution in [2.24, 2.45) is 0 Å². The van der Waals surface area contributed by atoms with Gasteiger partial charge in [0.05, 0.1) is 12.1 Å². The van der Waals surface area contributed by atoms with Crippen LogP contribution < -0.4 is 16.0 Å². The monoisotopic (exact) mass is 394 g/mol. The molecule has 10 heteroatoms. The molecule has 1 fully saturated rings. The summed E-state index contributed by atoms with van der Waals surface area (Å²) in [5, 5.41) is 9.50. The lowest BCUT2D eigenvalue weighted by Crippen LogP contribution is -2.37. The Hall–Kier alpha value is -2.88. The average Bonchev–Trinajstić information content (AvgIpc) is 3.23. The minimum atomic E-state index is -0.729. The molecule has 1 aliphatic rings. The van der Waals surface area contributed by atoms with Crippen molar-refractivity contribution in [2.45, 2.75) is 31.8 Å². The Balaban J connectivity index is 1.50. The third kappa shape index (κ3) is 4.85. The molecule has 0 aliphatic carbocycles. The SMILES string of the molecule is O=C(Cc1csc(NC(=O)C2CCC(=O)N2)n1)NCc1c(F)cccc1F. The molecule has 0 radical (unpaired) electrons. The molecule has 3 rings (SSSR count). The predicted octanol–water partition coefficient (Wildman–Crippen LogP) is 1.50. The molecule has 142 valence electrons. The minimum absolute atomic E-state index is 0.0946. The number of aromatic nitrogens is 1. The van der Waals surface area contributed by atoms with E-state index >= 15 is 0 Å². The number of amides is 3. The van der Waals surface area contributed by atoms with Gasteiger partial charge in [-0.1, -0.05) is 6.07 Å². The van der Waals surface area contributed by atoms with Crippen LogP contribution in [0.1, 0.15) is 24.1 Å². The molecule has 0 bridgehead atoms. The first-order valence-corrected chi connectivity index (χ1v) is 9.04. The maximum Gasteiger partial charge on any atom is 0.248 e. The number of carbonyl (C=O) groups excluding carboxylic acids is 3. The van der Waals surface area contributed by atoms with E-state index in [4.69, 9.17) is 0 Å². The molecular formula is C17H16F2N4O3S. The lowest BCUT2D eigenvalue weighted by molar-refractivity contribution is -0.122. The molecule has 0 saturated carbocycles. The second-order valence-corrected chi connectivity index (χ2v) is 6.80. The Morgan fingerprint density at radius 3 is 2.70 bits per heavy atom. The molecule has 1 atom stereocenters. The van der Waals surface area contributed by atoms with Crippen LogP contribution in [0.5, 0.6) is 0 Å². The van der Waals surface area contributed by atoms with Gasteiger partial charge in [0.1, 0.15) is 17.7 Å². The van der Waals surface area contributed by atoms with E-state index in [2.05, 4.69) is 20.9 Å². The largest absolute Gasteiger partial charge is 0.351 e. The van der Waals surface area contributed by atoms with Gasteiger partial charge >= 0.3 is 0 Å². The summed E-state index contributed by atoms with van der Waals surface area (Å²) in [4.78, 5) is 39.2. The van der Waals surface area contributed by atoms with Crippen molar-refractivity contribution in [1.82, 2.24) is 15.6 Å². The Morgan fingerprint density at radius 1 is 1.30 bits per heavy atom. The number of halogens is 2. The smallest absolute Gasteiger partial charge is 0.248 e. The van der Waals surface area contributed by atoms with Crippen molar-refractivity contribution < 1.29 is 23.2 Å². The second kappa shape index (κ2) is 8.21. The number of thiazole rings is 1. The van der Waals surface area contributed by atoms with E-state index in [1.165, 1.54) is 6.07 Å². The quantitative estimate of drug-likeness (QED) is 0.691. The molecule has 1 aromatic heterocycles. The Bertz CT molecular complexity index is 867. The van der Waals surface area contributed by atoms with Gasteiger partial charge in [0.15, 0.2) is 5.13 Å². The lowest BCUT2D eigenvalue weighted by Gasteiger charge is -2.08. The number of nitrogens with zero attached hydrogens (tertiary/aromatic N) is 1. The zero-order chi connectivity index (χ0) is 19.4. The first-order valence-electron chi connectivity index (χ1n) is 8.16. The molecule has 1 aliphatic heterocycles. The summed E-state index contributed by atoms with van der Waals surface area (Å²) in [6, 6.07) is 2.90. The molecule has 1 saturated heterocycles. The number of anilines is 1. The van der Waals surface area contributed by atoms with Gasteiger partial charge in [0.2, 0.25) is 17.7 Å². The van der Waals surface area contributed by atoms with Crippen molar-refractivity contribution in [3.63, 3.8) is 0 Å². The first kappa shape index (κ1) is 18.9. The van der Waals surface area contributed by atoms with Gasteiger partial charge in [-0.25, -0.2) is 13.8 Å². The molecule has 3 amide bonds. The van der Waals surface area contributed by atoms with Crippen LogP contribution in [0.2, 0.25) is 0 Å². The van der Waals surface area contributed by atoms with Gasteiger partial charge in [-0.15, -0.1) is 11.3 Å². The third-order valence-electron chi connectivity index (χ3n) is 3.96. The van der Waals surface area contributed by atoms with E-state index in [9.17, 15) is 23.2 Å². The fourth-order valence-corrected chi connectivity index (χ4v) is 3.28. The average molecular weight is 394 g/mol. The number of hydrogen-bond donors (Lipinski definition) is 3. The second-order valence-electron chi connectivity index (χ2n) is 5.95. The number of carbonyl (C=O) groups is 3. The highest BCUT2D eigenvalue weighted by Crippen LogP contribution is 2.18. The van der Waals surface area contributed by atoms with E-state index in [-0.39, 0.29) is 30.3 Å². The molecule has 3 N–H and O–H groups in total. The van der Waals surface area contributed by atoms with Gasteiger partial charge in [0, 0.05) is 23.9 Å². The molecule has 1 unspecified atom stereocenters. The van der Waals surface area contributed by atoms with Gasteiger partial charge in [0.25, 0.3) is 0 Å². The first-order chi connectivity index (χ1) is 12.9. The predicted molar refractivity (Wildman–Crippen MR) is 93.8 cm³/mol. The number of rotatable bonds is 6. The number of nitrogens with one attached hydrogen (secondary N) is 3. The normalized spacial score (nSPS) is 16.1. The fraction of sp³-hybridized carbons (Fsp3) is 0.294. The summed E-state index contributed by atoms with van der Waals surface area (Å²) in [5.74, 6) is -2.44. The van der Waals surface area contributed by atoms with E-state index in [1.807, 2.05) is 0 Å². The van der Waals surface area contributed by atoms with Gasteiger partial charge < -0.3 is 16.0 Å². The van der Waals surface area contributed by atoms with E-state index in [0.29, 0.717) is 23.7 Å². The summed E-state index contributed by atoms with van der Waals surface area (Å²) >= 11 is 1.14. The summed E-state index contributed by atoms with van der Waals surface area (Å²) in [6.07, 6.45) is 0.643. The maximum absolute atomic E-state index is 13.5. The number of hydrogen-bond acceptors (Lipinski definition) is 5. The van der Waals surface area contributed by atoms with Crippen LogP contribution >= 0.6 is 11.3 Å². The number of benzene rings is 1. The van der Waals surface area contributed by atoms with Crippen LogP contribution in [-0.4, -0.2) is 28.7 Å². The molecule has 7 nitrogen and oxygen atoms in total. The standard InChI is InChI=1S/C17H16F2N4O3S/c18-11-2-1-3-12(19)10(11)7-20-15(25)6-9-8-27-17(21-9)23-16(26)13-4-5-14(24)22-13/h1-3,8,13H,4-7H2,(H,20,25)(H,22,24)(H,21,23,26). The zero-order valence-electron chi connectivity index (χ0n) is 14.1. The van der Waals surface area contributed by atoms with Crippen molar-refractivity contribution in [3.05, 3.63) is 46.5 Å². The molecule has 2 aromatic rings. The van der Waals surface area contributed by atoms with Crippen LogP contribution in [0.4, 0.5) is 13.9 Å². The molecule has 0 spiro atoms. The van der Waals surface area contributed by atoms with E-state index < -0.39 is 23.6 Å². The Kier molecular flexibility index (Phi) is 5.75. The highest BCUT2D eigenvalue weighted by atomic mass is 32.1. The summed E-state index contributed by atoms with van der Waals surface area (Å²) < 4.78 is 27.1. The zero-order valence-corrected chi connectivity index (χ0v) is 14.9. The van der Waals surface area contributed by atoms with E-state index in [1.54, 1.807) is 5.38 Å². The molecule has 2 heterocycles. The highest BCUT2D eigenvalue weighted by molar-refractivity contribution is 7.13. The Labute approximate surface area is 157 Å². The Morgan fingerprint density at radius 2 is 2.04 bits per heavy atom. The highest BCUT2D eigenvalue weighted by Gasteiger charge is 2.27. The van der Waals surface area contributed by atoms with Crippen LogP contribution in [-0.2, 0) is 27.3 Å². The van der Waals surface area contributed by atoms with Gasteiger partial charge in [-0.3, -0.25) is 14.4 Å². The lowest BCUT2D eigenvalue weighted by atomic mass is 10.2. The van der Waals surface area contributed by atoms with Crippen LogP contribution in [0.15, 0.2) is 23.6 Å². The van der Waals surface area contributed by atoms with Crippen molar-refractivity contribution >= 4 is 34.2 Å². The van der Waals surface area contributed by atoms with Gasteiger partial charge in [-0.05, 0) is 18.6 Å². The maximum atomic E-state index is 13.5. The van der Waals surface area contributed by atoms with E-state index in [0.717, 1.165) is 23.5 Å². The van der Waals surface area contributed by atoms with Crippen molar-refractivity contribution in [1.29, 1.82) is 0 Å². The topological polar surface area (TPSA) is 100 Å². The fourth-order valence-electron chi connectivity index (χ4n) is 2.56. The van der Waals surface area contributed by atoms with Crippen molar-refractivity contribution in [2.75, 3.05) is 5.32 Å². The summed E-state index contributed by atoms with van der Waals surface area (Å²) in [7, 11) is 0. The van der Waals surface area contributed by atoms with Crippen LogP contribution in [0.3, 0.4) is 0 Å². The van der Waals surface area contributed by atoms with Gasteiger partial charge in [-0.2, -0.15) is 0 Å². The van der Waals surface area contributed by atoms with Crippen molar-refractivity contribution in [3.8, 4) is 0 Å². The summed E-state index contributed by atoms with van der Waals surface area (Å²) in [5.41, 5.74) is 0.202. The minimum Gasteiger partial charge on any atom is -0.351 e. The van der Waals surface area contributed by atoms with Crippen LogP contribution in [0.25, 0.3) is 0 Å².